The van der Waals surface area contributed by atoms with Crippen molar-refractivity contribution in [3.8, 4) is 0 Å². The van der Waals surface area contributed by atoms with E-state index in [1.54, 1.807) is 11.8 Å². The highest BCUT2D eigenvalue weighted by Gasteiger charge is 2.41. The second kappa shape index (κ2) is 7.81. The third-order valence-corrected chi connectivity index (χ3v) is 6.59. The van der Waals surface area contributed by atoms with Crippen LogP contribution in [-0.2, 0) is 15.3 Å². The molecule has 1 spiro atoms. The zero-order valence-corrected chi connectivity index (χ0v) is 16.1. The molecule has 0 saturated carbocycles. The number of thioether (sulfide) groups is 1. The number of benzene rings is 1. The Hall–Kier alpha value is -1.49. The maximum atomic E-state index is 12.7. The van der Waals surface area contributed by atoms with Crippen molar-refractivity contribution < 1.29 is 9.59 Å². The molecule has 2 amide bonds. The van der Waals surface area contributed by atoms with Crippen molar-refractivity contribution in [1.82, 2.24) is 9.80 Å². The first-order valence-electron chi connectivity index (χ1n) is 9.13. The lowest BCUT2D eigenvalue weighted by Crippen LogP contribution is -2.54. The highest BCUT2D eigenvalue weighted by molar-refractivity contribution is 7.99. The van der Waals surface area contributed by atoms with Crippen molar-refractivity contribution in [3.05, 3.63) is 35.4 Å². The zero-order valence-electron chi connectivity index (χ0n) is 15.3. The number of likely N-dealkylation sites (tertiary alicyclic amines) is 2. The summed E-state index contributed by atoms with van der Waals surface area (Å²) in [6, 6.07) is 8.36. The van der Waals surface area contributed by atoms with E-state index >= 15 is 0 Å². The van der Waals surface area contributed by atoms with E-state index in [1.165, 1.54) is 11.1 Å². The summed E-state index contributed by atoms with van der Waals surface area (Å²) < 4.78 is 0. The van der Waals surface area contributed by atoms with Gasteiger partial charge in [-0.3, -0.25) is 9.59 Å². The van der Waals surface area contributed by atoms with E-state index < -0.39 is 0 Å². The van der Waals surface area contributed by atoms with Gasteiger partial charge >= 0.3 is 0 Å². The molecule has 1 aromatic carbocycles. The lowest BCUT2D eigenvalue weighted by atomic mass is 9.73. The molecule has 4 nitrogen and oxygen atoms in total. The molecule has 0 unspecified atom stereocenters. The largest absolute Gasteiger partial charge is 0.345 e. The van der Waals surface area contributed by atoms with E-state index in [2.05, 4.69) is 25.1 Å². The number of hydrogen-bond acceptors (Lipinski definition) is 3. The van der Waals surface area contributed by atoms with Gasteiger partial charge in [0.05, 0.1) is 5.75 Å². The van der Waals surface area contributed by atoms with Crippen LogP contribution in [-0.4, -0.2) is 54.0 Å². The Labute approximate surface area is 154 Å². The molecule has 0 aliphatic carbocycles. The van der Waals surface area contributed by atoms with Crippen LogP contribution in [0, 0.1) is 12.3 Å². The van der Waals surface area contributed by atoms with Gasteiger partial charge in [0.1, 0.15) is 0 Å². The van der Waals surface area contributed by atoms with Crippen LogP contribution in [0.25, 0.3) is 0 Å². The van der Waals surface area contributed by atoms with Crippen LogP contribution >= 0.6 is 11.8 Å². The van der Waals surface area contributed by atoms with E-state index in [1.807, 2.05) is 22.9 Å². The summed E-state index contributed by atoms with van der Waals surface area (Å²) in [5.74, 6) is 1.91. The number of aryl methyl sites for hydroxylation is 1. The summed E-state index contributed by atoms with van der Waals surface area (Å²) in [6.07, 6.45) is 3.73. The van der Waals surface area contributed by atoms with Gasteiger partial charge in [-0.15, -0.1) is 11.8 Å². The predicted molar refractivity (Wildman–Crippen MR) is 102 cm³/mol. The maximum absolute atomic E-state index is 12.7. The SMILES string of the molecule is Cc1ccccc1CSCC(=O)N1CCC[C@@]2(CCC(=O)N(C)C2)C1. The van der Waals surface area contributed by atoms with E-state index in [0.717, 1.165) is 44.6 Å². The van der Waals surface area contributed by atoms with Gasteiger partial charge in [0, 0.05) is 44.3 Å². The molecule has 2 aliphatic heterocycles. The van der Waals surface area contributed by atoms with Gasteiger partial charge in [-0.2, -0.15) is 0 Å². The summed E-state index contributed by atoms with van der Waals surface area (Å²) in [7, 11) is 1.89. The molecule has 1 atom stereocenters. The molecule has 3 rings (SSSR count). The van der Waals surface area contributed by atoms with Gasteiger partial charge in [0.2, 0.25) is 11.8 Å². The predicted octanol–water partition coefficient (Wildman–Crippen LogP) is 3.09. The molecule has 2 saturated heterocycles. The number of carbonyl (C=O) groups is 2. The third-order valence-electron chi connectivity index (χ3n) is 5.63. The number of piperidine rings is 2. The second-order valence-electron chi connectivity index (χ2n) is 7.59. The fourth-order valence-corrected chi connectivity index (χ4v) is 5.10. The smallest absolute Gasteiger partial charge is 0.232 e. The van der Waals surface area contributed by atoms with Crippen LogP contribution in [0.5, 0.6) is 0 Å². The topological polar surface area (TPSA) is 40.6 Å². The Bertz CT molecular complexity index is 648. The van der Waals surface area contributed by atoms with Crippen LogP contribution in [0.2, 0.25) is 0 Å². The minimum absolute atomic E-state index is 0.122. The molecular weight excluding hydrogens is 332 g/mol. The Morgan fingerprint density at radius 2 is 2.04 bits per heavy atom. The van der Waals surface area contributed by atoms with Crippen molar-refractivity contribution in [1.29, 1.82) is 0 Å². The molecule has 0 aromatic heterocycles. The fourth-order valence-electron chi connectivity index (χ4n) is 4.10. The maximum Gasteiger partial charge on any atom is 0.232 e. The first-order chi connectivity index (χ1) is 12.0. The van der Waals surface area contributed by atoms with E-state index in [9.17, 15) is 9.59 Å². The summed E-state index contributed by atoms with van der Waals surface area (Å²) in [4.78, 5) is 28.3. The molecule has 1 aromatic rings. The highest BCUT2D eigenvalue weighted by atomic mass is 32.2. The quantitative estimate of drug-likeness (QED) is 0.828. The van der Waals surface area contributed by atoms with Crippen LogP contribution in [0.3, 0.4) is 0 Å². The summed E-state index contributed by atoms with van der Waals surface area (Å²) in [5, 5.41) is 0. The van der Waals surface area contributed by atoms with Crippen molar-refractivity contribution >= 4 is 23.6 Å². The third kappa shape index (κ3) is 4.38. The number of hydrogen-bond donors (Lipinski definition) is 0. The Kier molecular flexibility index (Phi) is 5.72. The van der Waals surface area contributed by atoms with Gasteiger partial charge in [0.25, 0.3) is 0 Å². The molecule has 136 valence electrons. The minimum Gasteiger partial charge on any atom is -0.345 e. The molecule has 2 fully saturated rings. The molecule has 25 heavy (non-hydrogen) atoms. The van der Waals surface area contributed by atoms with Crippen molar-refractivity contribution in [2.24, 2.45) is 5.41 Å². The van der Waals surface area contributed by atoms with E-state index in [0.29, 0.717) is 12.2 Å². The summed E-state index contributed by atoms with van der Waals surface area (Å²) >= 11 is 1.70. The molecule has 0 radical (unpaired) electrons. The average Bonchev–Trinajstić information content (AvgIpc) is 2.60. The summed E-state index contributed by atoms with van der Waals surface area (Å²) in [5.41, 5.74) is 2.72. The van der Waals surface area contributed by atoms with Gasteiger partial charge < -0.3 is 9.80 Å². The van der Waals surface area contributed by atoms with Crippen molar-refractivity contribution in [3.63, 3.8) is 0 Å². The van der Waals surface area contributed by atoms with Crippen LogP contribution in [0.15, 0.2) is 24.3 Å². The Morgan fingerprint density at radius 3 is 2.80 bits per heavy atom. The standard InChI is InChI=1S/C20H28N2O2S/c1-16-6-3-4-7-17(16)12-25-13-19(24)22-11-5-9-20(15-22)10-8-18(23)21(2)14-20/h3-4,6-7H,5,8-15H2,1-2H3/t20-/m0/s1. The van der Waals surface area contributed by atoms with Crippen molar-refractivity contribution in [2.75, 3.05) is 32.4 Å². The van der Waals surface area contributed by atoms with Crippen LogP contribution < -0.4 is 0 Å². The van der Waals surface area contributed by atoms with Crippen molar-refractivity contribution in [2.45, 2.75) is 38.4 Å². The van der Waals surface area contributed by atoms with Crippen LogP contribution in [0.4, 0.5) is 0 Å². The van der Waals surface area contributed by atoms with Gasteiger partial charge in [-0.05, 0) is 37.3 Å². The van der Waals surface area contributed by atoms with E-state index in [-0.39, 0.29) is 17.2 Å². The number of rotatable bonds is 4. The van der Waals surface area contributed by atoms with Gasteiger partial charge in [0.15, 0.2) is 0 Å². The number of amides is 2. The second-order valence-corrected chi connectivity index (χ2v) is 8.57. The van der Waals surface area contributed by atoms with Gasteiger partial charge in [-0.25, -0.2) is 0 Å². The lowest BCUT2D eigenvalue weighted by molar-refractivity contribution is -0.140. The van der Waals surface area contributed by atoms with Gasteiger partial charge in [-0.1, -0.05) is 24.3 Å². The highest BCUT2D eigenvalue weighted by Crippen LogP contribution is 2.38. The lowest BCUT2D eigenvalue weighted by Gasteiger charge is -2.47. The fraction of sp³-hybridized carbons (Fsp3) is 0.600. The first-order valence-corrected chi connectivity index (χ1v) is 10.3. The molecule has 2 aliphatic rings. The first kappa shape index (κ1) is 18.3. The Morgan fingerprint density at radius 1 is 1.24 bits per heavy atom. The Balaban J connectivity index is 1.52. The molecule has 0 N–H and O–H groups in total. The normalized spacial score (nSPS) is 24.0. The minimum atomic E-state index is 0.122. The van der Waals surface area contributed by atoms with Crippen LogP contribution in [0.1, 0.15) is 36.8 Å². The molecule has 5 heteroatoms. The molecule has 0 bridgehead atoms. The van der Waals surface area contributed by atoms with E-state index in [4.69, 9.17) is 0 Å². The monoisotopic (exact) mass is 360 g/mol. The zero-order chi connectivity index (χ0) is 17.9. The number of nitrogens with zero attached hydrogens (tertiary/aromatic N) is 2. The number of carbonyl (C=O) groups excluding carboxylic acids is 2. The molecular formula is C20H28N2O2S. The summed E-state index contributed by atoms with van der Waals surface area (Å²) in [6.45, 7) is 4.59. The average molecular weight is 361 g/mol. The molecule has 2 heterocycles.